The maximum absolute atomic E-state index is 14.4. The summed E-state index contributed by atoms with van der Waals surface area (Å²) in [5.41, 5.74) is 8.69. The molecule has 1 atom stereocenters. The molecular formula is C16H20FN3. The van der Waals surface area contributed by atoms with Gasteiger partial charge >= 0.3 is 0 Å². The molecule has 0 amide bonds. The highest BCUT2D eigenvalue weighted by Crippen LogP contribution is 2.28. The lowest BCUT2D eigenvalue weighted by Gasteiger charge is -2.21. The SMILES string of the molecule is CCCNC(c1cnccc1N)c1cccc(C)c1F. The molecular weight excluding hydrogens is 253 g/mol. The van der Waals surface area contributed by atoms with E-state index in [2.05, 4.69) is 17.2 Å². The van der Waals surface area contributed by atoms with E-state index >= 15 is 0 Å². The number of aromatic nitrogens is 1. The number of anilines is 1. The maximum atomic E-state index is 14.4. The zero-order valence-corrected chi connectivity index (χ0v) is 11.9. The molecule has 0 aliphatic carbocycles. The summed E-state index contributed by atoms with van der Waals surface area (Å²) in [6, 6.07) is 6.89. The van der Waals surface area contributed by atoms with E-state index in [1.807, 2.05) is 6.07 Å². The molecule has 2 rings (SSSR count). The molecule has 1 heterocycles. The molecule has 0 aliphatic heterocycles. The second kappa shape index (κ2) is 6.48. The van der Waals surface area contributed by atoms with Crippen molar-refractivity contribution in [1.82, 2.24) is 10.3 Å². The molecule has 1 unspecified atom stereocenters. The van der Waals surface area contributed by atoms with Crippen LogP contribution in [0.5, 0.6) is 0 Å². The van der Waals surface area contributed by atoms with Gasteiger partial charge in [0.05, 0.1) is 6.04 Å². The van der Waals surface area contributed by atoms with Crippen molar-refractivity contribution < 1.29 is 4.39 Å². The number of nitrogens with zero attached hydrogens (tertiary/aromatic N) is 1. The third kappa shape index (κ3) is 2.96. The molecule has 20 heavy (non-hydrogen) atoms. The number of hydrogen-bond donors (Lipinski definition) is 2. The molecule has 0 fully saturated rings. The van der Waals surface area contributed by atoms with E-state index in [1.54, 1.807) is 37.5 Å². The largest absolute Gasteiger partial charge is 0.398 e. The van der Waals surface area contributed by atoms with Gasteiger partial charge in [0.25, 0.3) is 0 Å². The molecule has 0 spiro atoms. The fourth-order valence-corrected chi connectivity index (χ4v) is 2.23. The molecule has 106 valence electrons. The van der Waals surface area contributed by atoms with Gasteiger partial charge in [0.1, 0.15) is 5.82 Å². The third-order valence-electron chi connectivity index (χ3n) is 3.33. The first kappa shape index (κ1) is 14.5. The second-order valence-electron chi connectivity index (χ2n) is 4.87. The molecule has 0 saturated heterocycles. The average molecular weight is 273 g/mol. The average Bonchev–Trinajstić information content (AvgIpc) is 2.45. The van der Waals surface area contributed by atoms with Gasteiger partial charge in [-0.15, -0.1) is 0 Å². The number of hydrogen-bond acceptors (Lipinski definition) is 3. The van der Waals surface area contributed by atoms with Crippen LogP contribution < -0.4 is 11.1 Å². The van der Waals surface area contributed by atoms with Crippen LogP contribution in [0.4, 0.5) is 10.1 Å². The highest BCUT2D eigenvalue weighted by Gasteiger charge is 2.20. The molecule has 3 N–H and O–H groups in total. The number of nitrogens with one attached hydrogen (secondary N) is 1. The third-order valence-corrected chi connectivity index (χ3v) is 3.33. The summed E-state index contributed by atoms with van der Waals surface area (Å²) in [5.74, 6) is -0.190. The Hall–Kier alpha value is -1.94. The summed E-state index contributed by atoms with van der Waals surface area (Å²) in [7, 11) is 0. The van der Waals surface area contributed by atoms with Crippen molar-refractivity contribution in [2.24, 2.45) is 0 Å². The predicted molar refractivity (Wildman–Crippen MR) is 79.9 cm³/mol. The summed E-state index contributed by atoms with van der Waals surface area (Å²) < 4.78 is 14.4. The van der Waals surface area contributed by atoms with Crippen LogP contribution in [0.1, 0.15) is 36.1 Å². The molecule has 1 aromatic carbocycles. The number of pyridine rings is 1. The first-order valence-corrected chi connectivity index (χ1v) is 6.83. The Morgan fingerprint density at radius 3 is 2.80 bits per heavy atom. The lowest BCUT2D eigenvalue weighted by molar-refractivity contribution is 0.542. The minimum atomic E-state index is -0.274. The van der Waals surface area contributed by atoms with E-state index in [-0.39, 0.29) is 11.9 Å². The van der Waals surface area contributed by atoms with Crippen molar-refractivity contribution in [2.75, 3.05) is 12.3 Å². The van der Waals surface area contributed by atoms with Crippen molar-refractivity contribution in [2.45, 2.75) is 26.3 Å². The van der Waals surface area contributed by atoms with E-state index in [1.165, 1.54) is 0 Å². The molecule has 0 aliphatic rings. The number of rotatable bonds is 5. The smallest absolute Gasteiger partial charge is 0.131 e. The Morgan fingerprint density at radius 1 is 1.30 bits per heavy atom. The van der Waals surface area contributed by atoms with Gasteiger partial charge in [-0.05, 0) is 31.5 Å². The lowest BCUT2D eigenvalue weighted by Crippen LogP contribution is -2.25. The van der Waals surface area contributed by atoms with Crippen LogP contribution >= 0.6 is 0 Å². The Balaban J connectivity index is 2.47. The summed E-state index contributed by atoms with van der Waals surface area (Å²) >= 11 is 0. The van der Waals surface area contributed by atoms with Gasteiger partial charge in [-0.1, -0.05) is 25.1 Å². The lowest BCUT2D eigenvalue weighted by atomic mass is 9.96. The van der Waals surface area contributed by atoms with E-state index in [9.17, 15) is 4.39 Å². The van der Waals surface area contributed by atoms with Crippen molar-refractivity contribution >= 4 is 5.69 Å². The quantitative estimate of drug-likeness (QED) is 0.879. The number of aryl methyl sites for hydroxylation is 1. The Morgan fingerprint density at radius 2 is 2.10 bits per heavy atom. The molecule has 4 heteroatoms. The minimum absolute atomic E-state index is 0.190. The van der Waals surface area contributed by atoms with E-state index in [0.717, 1.165) is 18.5 Å². The Kier molecular flexibility index (Phi) is 4.69. The van der Waals surface area contributed by atoms with Crippen LogP contribution in [0, 0.1) is 12.7 Å². The molecule has 3 nitrogen and oxygen atoms in total. The van der Waals surface area contributed by atoms with Crippen LogP contribution in [0.2, 0.25) is 0 Å². The van der Waals surface area contributed by atoms with Gasteiger partial charge in [0.15, 0.2) is 0 Å². The van der Waals surface area contributed by atoms with Gasteiger partial charge in [0, 0.05) is 29.2 Å². The normalized spacial score (nSPS) is 12.3. The van der Waals surface area contributed by atoms with Crippen LogP contribution in [0.15, 0.2) is 36.7 Å². The van der Waals surface area contributed by atoms with E-state index < -0.39 is 0 Å². The zero-order chi connectivity index (χ0) is 14.5. The highest BCUT2D eigenvalue weighted by molar-refractivity contribution is 5.50. The predicted octanol–water partition coefficient (Wildman–Crippen LogP) is 3.20. The van der Waals surface area contributed by atoms with Gasteiger partial charge in [-0.25, -0.2) is 4.39 Å². The fourth-order valence-electron chi connectivity index (χ4n) is 2.23. The molecule has 2 aromatic rings. The first-order chi connectivity index (χ1) is 9.65. The second-order valence-corrected chi connectivity index (χ2v) is 4.87. The maximum Gasteiger partial charge on any atom is 0.131 e. The Labute approximate surface area is 119 Å². The van der Waals surface area contributed by atoms with Crippen molar-refractivity contribution in [1.29, 1.82) is 0 Å². The standard InChI is InChI=1S/C16H20FN3/c1-3-8-20-16(13-10-19-9-7-14(13)18)12-6-4-5-11(2)15(12)17/h4-7,9-10,16,20H,3,8H2,1-2H3,(H2,18,19). The fraction of sp³-hybridized carbons (Fsp3) is 0.312. The van der Waals surface area contributed by atoms with Gasteiger partial charge in [0.2, 0.25) is 0 Å². The number of halogens is 1. The van der Waals surface area contributed by atoms with Crippen LogP contribution in [0.25, 0.3) is 0 Å². The van der Waals surface area contributed by atoms with Crippen LogP contribution in [0.3, 0.4) is 0 Å². The summed E-state index contributed by atoms with van der Waals surface area (Å²) in [6.07, 6.45) is 4.30. The van der Waals surface area contributed by atoms with Crippen LogP contribution in [-0.4, -0.2) is 11.5 Å². The molecule has 0 bridgehead atoms. The monoisotopic (exact) mass is 273 g/mol. The summed E-state index contributed by atoms with van der Waals surface area (Å²) in [5, 5.41) is 3.35. The Bertz CT molecular complexity index is 584. The van der Waals surface area contributed by atoms with Crippen molar-refractivity contribution in [3.05, 3.63) is 59.2 Å². The van der Waals surface area contributed by atoms with Gasteiger partial charge < -0.3 is 11.1 Å². The van der Waals surface area contributed by atoms with Crippen LogP contribution in [-0.2, 0) is 0 Å². The first-order valence-electron chi connectivity index (χ1n) is 6.83. The zero-order valence-electron chi connectivity index (χ0n) is 11.9. The van der Waals surface area contributed by atoms with Crippen molar-refractivity contribution in [3.63, 3.8) is 0 Å². The minimum Gasteiger partial charge on any atom is -0.398 e. The van der Waals surface area contributed by atoms with E-state index in [0.29, 0.717) is 16.8 Å². The van der Waals surface area contributed by atoms with E-state index in [4.69, 9.17) is 5.73 Å². The molecule has 1 aromatic heterocycles. The molecule has 0 radical (unpaired) electrons. The van der Waals surface area contributed by atoms with Crippen molar-refractivity contribution in [3.8, 4) is 0 Å². The number of nitrogen functional groups attached to an aromatic ring is 1. The summed E-state index contributed by atoms with van der Waals surface area (Å²) in [4.78, 5) is 4.11. The molecule has 0 saturated carbocycles. The topological polar surface area (TPSA) is 50.9 Å². The highest BCUT2D eigenvalue weighted by atomic mass is 19.1. The van der Waals surface area contributed by atoms with Gasteiger partial charge in [-0.2, -0.15) is 0 Å². The summed E-state index contributed by atoms with van der Waals surface area (Å²) in [6.45, 7) is 4.62. The van der Waals surface area contributed by atoms with Gasteiger partial charge in [-0.3, -0.25) is 4.98 Å². The number of nitrogens with two attached hydrogens (primary N) is 1. The number of benzene rings is 1.